The van der Waals surface area contributed by atoms with Crippen molar-refractivity contribution in [3.63, 3.8) is 0 Å². The predicted molar refractivity (Wildman–Crippen MR) is 118 cm³/mol. The lowest BCUT2D eigenvalue weighted by Gasteiger charge is -2.37. The van der Waals surface area contributed by atoms with Gasteiger partial charge < -0.3 is 9.64 Å². The molecule has 0 saturated heterocycles. The molecule has 0 radical (unpaired) electrons. The van der Waals surface area contributed by atoms with Gasteiger partial charge in [0.05, 0.1) is 18.5 Å². The van der Waals surface area contributed by atoms with E-state index in [-0.39, 0.29) is 5.69 Å². The van der Waals surface area contributed by atoms with Gasteiger partial charge in [-0.2, -0.15) is 0 Å². The van der Waals surface area contributed by atoms with E-state index in [1.54, 1.807) is 11.7 Å². The van der Waals surface area contributed by atoms with E-state index < -0.39 is 0 Å². The lowest BCUT2D eigenvalue weighted by Crippen LogP contribution is -2.42. The van der Waals surface area contributed by atoms with Gasteiger partial charge in [-0.25, -0.2) is 14.3 Å². The number of pyridine rings is 1. The summed E-state index contributed by atoms with van der Waals surface area (Å²) in [6.07, 6.45) is 4.63. The van der Waals surface area contributed by atoms with Gasteiger partial charge in [-0.3, -0.25) is 4.57 Å². The minimum absolute atomic E-state index is 0.0500. The lowest BCUT2D eigenvalue weighted by atomic mass is 10.0. The highest BCUT2D eigenvalue weighted by molar-refractivity contribution is 5.89. The Labute approximate surface area is 171 Å². The quantitative estimate of drug-likeness (QED) is 0.600. The molecular formula is C23H30N4O2. The van der Waals surface area contributed by atoms with Crippen LogP contribution < -0.4 is 15.3 Å². The maximum Gasteiger partial charge on any atom is 0.335 e. The molecule has 0 N–H and O–H groups in total. The number of anilines is 1. The summed E-state index contributed by atoms with van der Waals surface area (Å²) < 4.78 is 9.13. The highest BCUT2D eigenvalue weighted by Gasteiger charge is 2.30. The van der Waals surface area contributed by atoms with Crippen LogP contribution in [0.15, 0.2) is 35.1 Å². The second-order valence-electron chi connectivity index (χ2n) is 7.82. The lowest BCUT2D eigenvalue weighted by molar-refractivity contribution is 0.412. The highest BCUT2D eigenvalue weighted by Crippen LogP contribution is 2.35. The molecule has 3 heterocycles. The highest BCUT2D eigenvalue weighted by atomic mass is 16.5. The molecule has 0 saturated carbocycles. The fraction of sp³-hybridized carbons (Fsp3) is 0.478. The number of aromatic nitrogens is 3. The molecule has 0 unspecified atom stereocenters. The summed E-state index contributed by atoms with van der Waals surface area (Å²) in [4.78, 5) is 20.7. The average Bonchev–Trinajstić information content (AvgIpc) is 3.00. The summed E-state index contributed by atoms with van der Waals surface area (Å²) in [5, 5.41) is 0. The van der Waals surface area contributed by atoms with Crippen molar-refractivity contribution in [1.29, 1.82) is 0 Å². The smallest absolute Gasteiger partial charge is 0.335 e. The fourth-order valence-electron chi connectivity index (χ4n) is 4.64. The standard InChI is InChI=1S/C23H30N4O2/c1-5-9-17(10-6-2)25-13-14-26-21-19(25)15-16(3)24-22(21)27(23(26)28)18-11-7-8-12-20(18)29-4/h7-8,11-12,15,17H,5-6,9-10,13-14H2,1-4H3. The van der Waals surface area contributed by atoms with E-state index in [1.807, 2.05) is 35.8 Å². The number of hydrogen-bond donors (Lipinski definition) is 0. The fourth-order valence-corrected chi connectivity index (χ4v) is 4.64. The molecule has 0 amide bonds. The number of methoxy groups -OCH3 is 1. The second kappa shape index (κ2) is 7.93. The summed E-state index contributed by atoms with van der Waals surface area (Å²) >= 11 is 0. The van der Waals surface area contributed by atoms with Crippen LogP contribution in [-0.2, 0) is 6.54 Å². The van der Waals surface area contributed by atoms with Gasteiger partial charge in [0.2, 0.25) is 0 Å². The number of benzene rings is 1. The Morgan fingerprint density at radius 1 is 1.10 bits per heavy atom. The van der Waals surface area contributed by atoms with E-state index in [2.05, 4.69) is 24.8 Å². The average molecular weight is 395 g/mol. The molecule has 4 rings (SSSR count). The van der Waals surface area contributed by atoms with Crippen molar-refractivity contribution < 1.29 is 4.74 Å². The number of aryl methyl sites for hydroxylation is 1. The van der Waals surface area contributed by atoms with Crippen LogP contribution in [0.5, 0.6) is 5.75 Å². The van der Waals surface area contributed by atoms with Crippen LogP contribution in [0.1, 0.15) is 45.2 Å². The van der Waals surface area contributed by atoms with Crippen molar-refractivity contribution in [2.24, 2.45) is 0 Å². The molecule has 0 bridgehead atoms. The summed E-state index contributed by atoms with van der Waals surface area (Å²) in [5.41, 5.74) is 4.40. The van der Waals surface area contributed by atoms with E-state index in [1.165, 1.54) is 0 Å². The first-order valence-electron chi connectivity index (χ1n) is 10.6. The Balaban J connectivity index is 1.98. The number of para-hydroxylation sites is 2. The van der Waals surface area contributed by atoms with Gasteiger partial charge >= 0.3 is 5.69 Å². The van der Waals surface area contributed by atoms with Crippen molar-refractivity contribution in [1.82, 2.24) is 14.1 Å². The number of imidazole rings is 1. The maximum absolute atomic E-state index is 13.4. The van der Waals surface area contributed by atoms with Gasteiger partial charge in [0, 0.05) is 24.8 Å². The van der Waals surface area contributed by atoms with Gasteiger partial charge in [-0.05, 0) is 38.0 Å². The van der Waals surface area contributed by atoms with Gasteiger partial charge in [0.25, 0.3) is 0 Å². The Hall–Kier alpha value is -2.76. The molecule has 2 aromatic heterocycles. The van der Waals surface area contributed by atoms with Crippen LogP contribution in [0.4, 0.5) is 5.69 Å². The van der Waals surface area contributed by atoms with Gasteiger partial charge in [0.15, 0.2) is 5.65 Å². The first kappa shape index (κ1) is 19.6. The molecule has 1 aliphatic rings. The number of ether oxygens (including phenoxy) is 1. The van der Waals surface area contributed by atoms with E-state index in [0.29, 0.717) is 24.0 Å². The van der Waals surface area contributed by atoms with Crippen LogP contribution in [0.2, 0.25) is 0 Å². The summed E-state index contributed by atoms with van der Waals surface area (Å²) in [7, 11) is 1.63. The SMILES string of the molecule is CCCC(CCC)N1CCn2c(=O)n(-c3ccccc3OC)c3nc(C)cc1c32. The molecule has 0 spiro atoms. The van der Waals surface area contributed by atoms with Gasteiger partial charge in [0.1, 0.15) is 11.3 Å². The normalized spacial score (nSPS) is 13.5. The topological polar surface area (TPSA) is 52.3 Å². The molecule has 1 aliphatic heterocycles. The van der Waals surface area contributed by atoms with E-state index in [4.69, 9.17) is 9.72 Å². The first-order valence-corrected chi connectivity index (χ1v) is 10.6. The molecule has 29 heavy (non-hydrogen) atoms. The Morgan fingerprint density at radius 3 is 2.52 bits per heavy atom. The van der Waals surface area contributed by atoms with Crippen molar-refractivity contribution in [3.05, 3.63) is 46.5 Å². The maximum atomic E-state index is 13.4. The molecule has 0 aliphatic carbocycles. The first-order chi connectivity index (χ1) is 14.1. The zero-order valence-electron chi connectivity index (χ0n) is 17.8. The second-order valence-corrected chi connectivity index (χ2v) is 7.82. The third-order valence-corrected chi connectivity index (χ3v) is 5.87. The Bertz CT molecular complexity index is 1080. The zero-order chi connectivity index (χ0) is 20.5. The molecule has 0 atom stereocenters. The molecule has 6 heteroatoms. The van der Waals surface area contributed by atoms with Crippen molar-refractivity contribution >= 4 is 16.9 Å². The number of rotatable bonds is 7. The number of hydrogen-bond acceptors (Lipinski definition) is 4. The van der Waals surface area contributed by atoms with Crippen LogP contribution in [0.3, 0.4) is 0 Å². The van der Waals surface area contributed by atoms with Crippen LogP contribution in [-0.4, -0.2) is 33.8 Å². The third-order valence-electron chi connectivity index (χ3n) is 5.87. The molecule has 0 fully saturated rings. The molecule has 6 nitrogen and oxygen atoms in total. The summed E-state index contributed by atoms with van der Waals surface area (Å²) in [5.74, 6) is 0.671. The number of nitrogens with zero attached hydrogens (tertiary/aromatic N) is 4. The summed E-state index contributed by atoms with van der Waals surface area (Å²) in [6, 6.07) is 10.3. The van der Waals surface area contributed by atoms with Crippen molar-refractivity contribution in [2.45, 2.75) is 59.0 Å². The molecular weight excluding hydrogens is 364 g/mol. The van der Waals surface area contributed by atoms with E-state index >= 15 is 0 Å². The van der Waals surface area contributed by atoms with Crippen LogP contribution in [0.25, 0.3) is 16.9 Å². The van der Waals surface area contributed by atoms with Crippen molar-refractivity contribution in [3.8, 4) is 11.4 Å². The van der Waals surface area contributed by atoms with Crippen LogP contribution in [0, 0.1) is 6.92 Å². The molecule has 154 valence electrons. The minimum atomic E-state index is -0.0500. The minimum Gasteiger partial charge on any atom is -0.495 e. The van der Waals surface area contributed by atoms with E-state index in [9.17, 15) is 4.79 Å². The van der Waals surface area contributed by atoms with E-state index in [0.717, 1.165) is 54.8 Å². The molecule has 3 aromatic rings. The Kier molecular flexibility index (Phi) is 5.35. The summed E-state index contributed by atoms with van der Waals surface area (Å²) in [6.45, 7) is 8.03. The molecule has 1 aromatic carbocycles. The third kappa shape index (κ3) is 3.20. The predicted octanol–water partition coefficient (Wildman–Crippen LogP) is 4.29. The Morgan fingerprint density at radius 2 is 1.83 bits per heavy atom. The van der Waals surface area contributed by atoms with Gasteiger partial charge in [-0.15, -0.1) is 0 Å². The van der Waals surface area contributed by atoms with Crippen LogP contribution >= 0.6 is 0 Å². The monoisotopic (exact) mass is 394 g/mol. The zero-order valence-corrected chi connectivity index (χ0v) is 17.8. The van der Waals surface area contributed by atoms with Gasteiger partial charge in [-0.1, -0.05) is 38.8 Å². The van der Waals surface area contributed by atoms with Crippen molar-refractivity contribution in [2.75, 3.05) is 18.6 Å². The largest absolute Gasteiger partial charge is 0.495 e.